The van der Waals surface area contributed by atoms with Gasteiger partial charge >= 0.3 is 0 Å². The van der Waals surface area contributed by atoms with Crippen LogP contribution in [-0.2, 0) is 9.63 Å². The van der Waals surface area contributed by atoms with Crippen molar-refractivity contribution in [3.05, 3.63) is 71.5 Å². The van der Waals surface area contributed by atoms with Crippen LogP contribution in [0.1, 0.15) is 37.8 Å². The Labute approximate surface area is 284 Å². The lowest BCUT2D eigenvalue weighted by molar-refractivity contribution is -0.111. The summed E-state index contributed by atoms with van der Waals surface area (Å²) in [4.78, 5) is 34.5. The van der Waals surface area contributed by atoms with Gasteiger partial charge in [0.25, 0.3) is 0 Å². The van der Waals surface area contributed by atoms with E-state index in [4.69, 9.17) is 21.2 Å². The second-order valence-corrected chi connectivity index (χ2v) is 12.4. The Bertz CT molecular complexity index is 1630. The molecule has 3 fully saturated rings. The third-order valence-corrected chi connectivity index (χ3v) is 9.75. The molecule has 0 aliphatic carbocycles. The summed E-state index contributed by atoms with van der Waals surface area (Å²) in [5, 5.41) is 7.17. The number of amides is 1. The molecule has 3 aromatic rings. The van der Waals surface area contributed by atoms with E-state index >= 15 is 0 Å². The highest BCUT2D eigenvalue weighted by Gasteiger charge is 2.33. The lowest BCUT2D eigenvalue weighted by Gasteiger charge is -2.43. The Kier molecular flexibility index (Phi) is 10.6. The number of piperidine rings is 1. The minimum absolute atomic E-state index is 0.204. The summed E-state index contributed by atoms with van der Waals surface area (Å²) in [6, 6.07) is 7.86. The molecule has 0 saturated carbocycles. The third-order valence-electron chi connectivity index (χ3n) is 9.41. The lowest BCUT2D eigenvalue weighted by Crippen LogP contribution is -2.53. The maximum absolute atomic E-state index is 14.9. The summed E-state index contributed by atoms with van der Waals surface area (Å²) in [6.07, 6.45) is 5.10. The number of piperazine rings is 1. The molecule has 48 heavy (non-hydrogen) atoms. The molecular formula is C34H41ClF2N8O3. The van der Waals surface area contributed by atoms with E-state index in [0.717, 1.165) is 70.4 Å². The summed E-state index contributed by atoms with van der Waals surface area (Å²) in [7, 11) is 1.59. The number of benzene rings is 2. The first-order valence-corrected chi connectivity index (χ1v) is 16.7. The first kappa shape index (κ1) is 33.8. The van der Waals surface area contributed by atoms with Crippen LogP contribution >= 0.6 is 11.6 Å². The molecule has 1 atom stereocenters. The molecule has 2 N–H and O–H groups in total. The smallest absolute Gasteiger partial charge is 0.247 e. The topological polar surface area (TPSA) is 98.3 Å². The zero-order chi connectivity index (χ0) is 33.8. The van der Waals surface area contributed by atoms with Crippen LogP contribution in [-0.4, -0.2) is 91.2 Å². The third kappa shape index (κ3) is 7.19. The van der Waals surface area contributed by atoms with Crippen LogP contribution in [0, 0.1) is 11.6 Å². The van der Waals surface area contributed by atoms with E-state index in [2.05, 4.69) is 48.8 Å². The molecule has 11 nitrogen and oxygen atoms in total. The number of nitrogens with one attached hydrogen (secondary N) is 2. The number of methoxy groups -OCH3 is 1. The van der Waals surface area contributed by atoms with E-state index in [-0.39, 0.29) is 11.5 Å². The van der Waals surface area contributed by atoms with Crippen LogP contribution in [0.15, 0.2) is 49.3 Å². The number of hydrogen-bond acceptors (Lipinski definition) is 10. The van der Waals surface area contributed by atoms with Crippen molar-refractivity contribution in [2.24, 2.45) is 0 Å². The molecule has 1 unspecified atom stereocenters. The van der Waals surface area contributed by atoms with Crippen LogP contribution in [0.25, 0.3) is 0 Å². The van der Waals surface area contributed by atoms with Crippen molar-refractivity contribution in [3.8, 4) is 5.75 Å². The molecule has 1 aromatic heterocycles. The average Bonchev–Trinajstić information content (AvgIpc) is 3.61. The van der Waals surface area contributed by atoms with Crippen molar-refractivity contribution in [1.82, 2.24) is 19.8 Å². The molecule has 3 aliphatic heterocycles. The van der Waals surface area contributed by atoms with Crippen molar-refractivity contribution in [2.75, 3.05) is 80.1 Å². The Balaban J connectivity index is 1.22. The van der Waals surface area contributed by atoms with Crippen LogP contribution < -0.4 is 25.3 Å². The zero-order valence-electron chi connectivity index (χ0n) is 27.2. The molecule has 0 radical (unpaired) electrons. The van der Waals surface area contributed by atoms with Crippen LogP contribution in [0.2, 0.25) is 5.02 Å². The van der Waals surface area contributed by atoms with Gasteiger partial charge in [-0.05, 0) is 37.6 Å². The summed E-state index contributed by atoms with van der Waals surface area (Å²) >= 11 is 5.87. The van der Waals surface area contributed by atoms with Crippen LogP contribution in [0.4, 0.5) is 37.5 Å². The Morgan fingerprint density at radius 2 is 1.85 bits per heavy atom. The quantitative estimate of drug-likeness (QED) is 0.203. The standard InChI is InChI=1S/C34H41ClF2N8O3/c1-4-32(46)41-25-18-26(29(47-3)19-28(25)44-11-8-22(9-12-44)43-15-13-42(5-2)14-16-43)40-30-20-31(39-21-38-30)45-27(10-17-48-45)23-6-7-24(36)33(35)34(23)37/h4,6-7,18-22,27H,1,5,8-17H2,2-3H3,(H,41,46)(H,38,39,40). The Morgan fingerprint density at radius 3 is 2.56 bits per heavy atom. The van der Waals surface area contributed by atoms with Gasteiger partial charge in [-0.25, -0.2) is 23.8 Å². The van der Waals surface area contributed by atoms with Crippen LogP contribution in [0.5, 0.6) is 5.75 Å². The summed E-state index contributed by atoms with van der Waals surface area (Å²) < 4.78 is 34.6. The van der Waals surface area contributed by atoms with Gasteiger partial charge in [-0.15, -0.1) is 0 Å². The predicted octanol–water partition coefficient (Wildman–Crippen LogP) is 5.77. The fourth-order valence-electron chi connectivity index (χ4n) is 6.75. The van der Waals surface area contributed by atoms with Gasteiger partial charge in [0.1, 0.15) is 34.6 Å². The minimum Gasteiger partial charge on any atom is -0.494 e. The number of anilines is 5. The monoisotopic (exact) mass is 682 g/mol. The van der Waals surface area contributed by atoms with Gasteiger partial charge in [0, 0.05) is 69.4 Å². The molecule has 6 rings (SSSR count). The van der Waals surface area contributed by atoms with Gasteiger partial charge in [-0.3, -0.25) is 14.5 Å². The molecule has 2 aromatic carbocycles. The number of nitrogens with zero attached hydrogens (tertiary/aromatic N) is 6. The van der Waals surface area contributed by atoms with Gasteiger partial charge in [-0.1, -0.05) is 31.2 Å². The molecule has 1 amide bonds. The zero-order valence-corrected chi connectivity index (χ0v) is 28.0. The van der Waals surface area contributed by atoms with Gasteiger partial charge in [-0.2, -0.15) is 0 Å². The second kappa shape index (κ2) is 15.0. The number of rotatable bonds is 10. The van der Waals surface area contributed by atoms with Crippen molar-refractivity contribution in [3.63, 3.8) is 0 Å². The Morgan fingerprint density at radius 1 is 1.08 bits per heavy atom. The molecule has 0 spiro atoms. The van der Waals surface area contributed by atoms with Crippen LogP contribution in [0.3, 0.4) is 0 Å². The maximum atomic E-state index is 14.9. The van der Waals surface area contributed by atoms with E-state index in [0.29, 0.717) is 47.8 Å². The van der Waals surface area contributed by atoms with E-state index in [1.54, 1.807) is 13.2 Å². The summed E-state index contributed by atoms with van der Waals surface area (Å²) in [5.74, 6) is -0.662. The first-order chi connectivity index (χ1) is 23.3. The summed E-state index contributed by atoms with van der Waals surface area (Å²) in [6.45, 7) is 13.4. The molecule has 4 heterocycles. The molecule has 256 valence electrons. The van der Waals surface area contributed by atoms with E-state index < -0.39 is 22.7 Å². The number of halogens is 3. The number of likely N-dealkylation sites (N-methyl/N-ethyl adjacent to an activating group) is 1. The lowest BCUT2D eigenvalue weighted by atomic mass is 10.0. The highest BCUT2D eigenvalue weighted by molar-refractivity contribution is 6.31. The summed E-state index contributed by atoms with van der Waals surface area (Å²) in [5.41, 5.74) is 2.23. The van der Waals surface area contributed by atoms with Crippen molar-refractivity contribution in [1.29, 1.82) is 0 Å². The van der Waals surface area contributed by atoms with Crippen molar-refractivity contribution >= 4 is 46.2 Å². The largest absolute Gasteiger partial charge is 0.494 e. The highest BCUT2D eigenvalue weighted by Crippen LogP contribution is 2.41. The minimum atomic E-state index is -0.831. The highest BCUT2D eigenvalue weighted by atomic mass is 35.5. The second-order valence-electron chi connectivity index (χ2n) is 12.1. The van der Waals surface area contributed by atoms with Gasteiger partial charge in [0.2, 0.25) is 5.91 Å². The molecule has 14 heteroatoms. The van der Waals surface area contributed by atoms with E-state index in [9.17, 15) is 13.6 Å². The maximum Gasteiger partial charge on any atom is 0.247 e. The van der Waals surface area contributed by atoms with Gasteiger partial charge < -0.3 is 25.2 Å². The normalized spacial score (nSPS) is 19.4. The fraction of sp³-hybridized carbons (Fsp3) is 0.441. The number of hydroxylamine groups is 1. The van der Waals surface area contributed by atoms with E-state index in [1.165, 1.54) is 23.5 Å². The number of carbonyl (C=O) groups excluding carboxylic acids is 1. The van der Waals surface area contributed by atoms with Gasteiger partial charge in [0.15, 0.2) is 5.82 Å². The number of hydrogen-bond donors (Lipinski definition) is 2. The number of ether oxygens (including phenoxy) is 1. The molecule has 3 aliphatic rings. The van der Waals surface area contributed by atoms with Gasteiger partial charge in [0.05, 0.1) is 36.8 Å². The SMILES string of the molecule is C=CC(=O)Nc1cc(Nc2cc(N3OCCC3c3ccc(F)c(Cl)c3F)ncn2)c(OC)cc1N1CCC(N2CCN(CC)CC2)CC1. The average molecular weight is 683 g/mol. The molecule has 3 saturated heterocycles. The fourth-order valence-corrected chi connectivity index (χ4v) is 6.92. The predicted molar refractivity (Wildman–Crippen MR) is 183 cm³/mol. The number of aromatic nitrogens is 2. The molecule has 0 bridgehead atoms. The van der Waals surface area contributed by atoms with E-state index in [1.807, 2.05) is 12.1 Å². The Hall–Kier alpha value is -4.04. The van der Waals surface area contributed by atoms with Crippen molar-refractivity contribution in [2.45, 2.75) is 38.3 Å². The first-order valence-electron chi connectivity index (χ1n) is 16.3. The molecular weight excluding hydrogens is 642 g/mol. The number of carbonyl (C=O) groups is 1. The van der Waals surface area contributed by atoms with Crippen molar-refractivity contribution < 1.29 is 23.1 Å².